The molecule has 0 bridgehead atoms. The molecule has 0 N–H and O–H groups in total. The van der Waals surface area contributed by atoms with Crippen LogP contribution in [-0.4, -0.2) is 3.92 Å². The summed E-state index contributed by atoms with van der Waals surface area (Å²) in [5.41, 5.74) is 2.86. The fourth-order valence-electron chi connectivity index (χ4n) is 1.86. The van der Waals surface area contributed by atoms with E-state index >= 15 is 0 Å². The van der Waals surface area contributed by atoms with Gasteiger partial charge in [0.15, 0.2) is 0 Å². The summed E-state index contributed by atoms with van der Waals surface area (Å²) in [6.07, 6.45) is 4.97. The van der Waals surface area contributed by atoms with Crippen LogP contribution in [0.5, 0.6) is 0 Å². The number of alkyl halides is 1. The summed E-state index contributed by atoms with van der Waals surface area (Å²) in [7, 11) is 0. The number of aryl methyl sites for hydroxylation is 1. The first-order valence-electron chi connectivity index (χ1n) is 5.60. The Bertz CT molecular complexity index is 328. The lowest BCUT2D eigenvalue weighted by atomic mass is 10.0. The standard InChI is InChI=1S/C14H17I/c1-11(9-13-10-14(13)15)7-8-12-5-3-2-4-6-12/h2-6,13-14H,1,7-10H2. The highest BCUT2D eigenvalue weighted by Crippen LogP contribution is 2.42. The zero-order chi connectivity index (χ0) is 10.7. The molecule has 1 aromatic carbocycles. The van der Waals surface area contributed by atoms with Gasteiger partial charge < -0.3 is 0 Å². The molecular weight excluding hydrogens is 295 g/mol. The van der Waals surface area contributed by atoms with Crippen molar-refractivity contribution in [1.82, 2.24) is 0 Å². The highest BCUT2D eigenvalue weighted by Gasteiger charge is 2.34. The zero-order valence-corrected chi connectivity index (χ0v) is 11.1. The number of allylic oxidation sites excluding steroid dienone is 1. The largest absolute Gasteiger partial charge is 0.0998 e. The van der Waals surface area contributed by atoms with Gasteiger partial charge in [0.25, 0.3) is 0 Å². The van der Waals surface area contributed by atoms with Crippen LogP contribution >= 0.6 is 22.6 Å². The Morgan fingerprint density at radius 3 is 2.60 bits per heavy atom. The van der Waals surface area contributed by atoms with E-state index < -0.39 is 0 Å². The molecule has 2 atom stereocenters. The predicted octanol–water partition coefficient (Wildman–Crippen LogP) is 4.39. The van der Waals surface area contributed by atoms with Gasteiger partial charge in [-0.25, -0.2) is 0 Å². The summed E-state index contributed by atoms with van der Waals surface area (Å²) >= 11 is 2.55. The topological polar surface area (TPSA) is 0 Å². The van der Waals surface area contributed by atoms with Gasteiger partial charge in [0.1, 0.15) is 0 Å². The second-order valence-corrected chi connectivity index (χ2v) is 6.05. The van der Waals surface area contributed by atoms with E-state index in [1.807, 2.05) is 0 Å². The normalized spacial score (nSPS) is 23.8. The van der Waals surface area contributed by atoms with E-state index in [1.165, 1.54) is 24.0 Å². The van der Waals surface area contributed by atoms with Crippen LogP contribution in [0.4, 0.5) is 0 Å². The summed E-state index contributed by atoms with van der Waals surface area (Å²) < 4.78 is 0.927. The molecule has 2 rings (SSSR count). The van der Waals surface area contributed by atoms with Gasteiger partial charge in [0.2, 0.25) is 0 Å². The van der Waals surface area contributed by atoms with Gasteiger partial charge in [0.05, 0.1) is 0 Å². The summed E-state index contributed by atoms with van der Waals surface area (Å²) in [5.74, 6) is 0.939. The van der Waals surface area contributed by atoms with Crippen molar-refractivity contribution in [1.29, 1.82) is 0 Å². The average Bonchev–Trinajstić information content (AvgIpc) is 2.93. The Kier molecular flexibility index (Phi) is 3.84. The maximum Gasteiger partial charge on any atom is 0.0144 e. The van der Waals surface area contributed by atoms with E-state index in [0.29, 0.717) is 0 Å². The Morgan fingerprint density at radius 1 is 1.33 bits per heavy atom. The first kappa shape index (κ1) is 11.2. The van der Waals surface area contributed by atoms with Crippen LogP contribution in [-0.2, 0) is 6.42 Å². The van der Waals surface area contributed by atoms with Gasteiger partial charge in [-0.1, -0.05) is 65.1 Å². The predicted molar refractivity (Wildman–Crippen MR) is 74.4 cm³/mol. The fraction of sp³-hybridized carbons (Fsp3) is 0.429. The van der Waals surface area contributed by atoms with Crippen molar-refractivity contribution in [3.8, 4) is 0 Å². The highest BCUT2D eigenvalue weighted by molar-refractivity contribution is 14.1. The van der Waals surface area contributed by atoms with Crippen molar-refractivity contribution in [2.75, 3.05) is 0 Å². The van der Waals surface area contributed by atoms with E-state index in [1.54, 1.807) is 0 Å². The molecule has 1 fully saturated rings. The molecule has 1 heteroatoms. The monoisotopic (exact) mass is 312 g/mol. The fourth-order valence-corrected chi connectivity index (χ4v) is 2.77. The smallest absolute Gasteiger partial charge is 0.0144 e. The van der Waals surface area contributed by atoms with Crippen LogP contribution in [0.1, 0.15) is 24.8 Å². The third-order valence-electron chi connectivity index (χ3n) is 3.00. The minimum absolute atomic E-state index is 0.927. The molecule has 1 aliphatic rings. The van der Waals surface area contributed by atoms with Crippen molar-refractivity contribution in [3.05, 3.63) is 48.0 Å². The molecule has 80 valence electrons. The van der Waals surface area contributed by atoms with E-state index in [0.717, 1.165) is 22.7 Å². The summed E-state index contributed by atoms with van der Waals surface area (Å²) in [4.78, 5) is 0. The number of rotatable bonds is 5. The molecule has 0 aliphatic heterocycles. The van der Waals surface area contributed by atoms with Gasteiger partial charge in [-0.2, -0.15) is 0 Å². The molecular formula is C14H17I. The molecule has 0 radical (unpaired) electrons. The lowest BCUT2D eigenvalue weighted by Crippen LogP contribution is -1.90. The zero-order valence-electron chi connectivity index (χ0n) is 8.95. The lowest BCUT2D eigenvalue weighted by molar-refractivity contribution is 0.773. The van der Waals surface area contributed by atoms with Gasteiger partial charge in [-0.05, 0) is 37.2 Å². The van der Waals surface area contributed by atoms with E-state index in [9.17, 15) is 0 Å². The molecule has 0 aromatic heterocycles. The molecule has 0 nitrogen and oxygen atoms in total. The average molecular weight is 312 g/mol. The second kappa shape index (κ2) is 5.15. The van der Waals surface area contributed by atoms with Crippen molar-refractivity contribution in [2.45, 2.75) is 29.6 Å². The summed E-state index contributed by atoms with van der Waals surface area (Å²) in [6, 6.07) is 10.7. The van der Waals surface area contributed by atoms with Crippen LogP contribution < -0.4 is 0 Å². The molecule has 1 aromatic rings. The van der Waals surface area contributed by atoms with Gasteiger partial charge in [-0.3, -0.25) is 0 Å². The molecule has 15 heavy (non-hydrogen) atoms. The van der Waals surface area contributed by atoms with Crippen molar-refractivity contribution in [3.63, 3.8) is 0 Å². The van der Waals surface area contributed by atoms with Crippen molar-refractivity contribution < 1.29 is 0 Å². The maximum absolute atomic E-state index is 4.18. The SMILES string of the molecule is C=C(CCc1ccccc1)CC1CC1I. The molecule has 2 unspecified atom stereocenters. The molecule has 0 spiro atoms. The Hall–Kier alpha value is -0.310. The molecule has 0 amide bonds. The van der Waals surface area contributed by atoms with Crippen LogP contribution in [0.15, 0.2) is 42.5 Å². The first-order valence-corrected chi connectivity index (χ1v) is 6.85. The minimum Gasteiger partial charge on any atom is -0.0998 e. The van der Waals surface area contributed by atoms with Crippen LogP contribution in [0.25, 0.3) is 0 Å². The van der Waals surface area contributed by atoms with E-state index in [4.69, 9.17) is 0 Å². The second-order valence-electron chi connectivity index (χ2n) is 4.45. The maximum atomic E-state index is 4.18. The van der Waals surface area contributed by atoms with E-state index in [-0.39, 0.29) is 0 Å². The third kappa shape index (κ3) is 3.63. The van der Waals surface area contributed by atoms with Crippen molar-refractivity contribution >= 4 is 22.6 Å². The summed E-state index contributed by atoms with van der Waals surface area (Å²) in [5, 5.41) is 0. The molecule has 1 aliphatic carbocycles. The molecule has 0 heterocycles. The Balaban J connectivity index is 1.71. The number of halogens is 1. The van der Waals surface area contributed by atoms with Gasteiger partial charge in [-0.15, -0.1) is 0 Å². The minimum atomic E-state index is 0.927. The van der Waals surface area contributed by atoms with Crippen LogP contribution in [0.3, 0.4) is 0 Å². The van der Waals surface area contributed by atoms with Crippen LogP contribution in [0.2, 0.25) is 0 Å². The molecule has 1 saturated carbocycles. The Morgan fingerprint density at radius 2 is 2.00 bits per heavy atom. The number of hydrogen-bond donors (Lipinski definition) is 0. The van der Waals surface area contributed by atoms with Crippen molar-refractivity contribution in [2.24, 2.45) is 5.92 Å². The highest BCUT2D eigenvalue weighted by atomic mass is 127. The van der Waals surface area contributed by atoms with Gasteiger partial charge >= 0.3 is 0 Å². The lowest BCUT2D eigenvalue weighted by Gasteiger charge is -2.04. The van der Waals surface area contributed by atoms with Gasteiger partial charge in [0, 0.05) is 3.92 Å². The molecule has 0 saturated heterocycles. The Labute approximate surface area is 106 Å². The third-order valence-corrected chi connectivity index (χ3v) is 4.52. The van der Waals surface area contributed by atoms with Crippen LogP contribution in [0, 0.1) is 5.92 Å². The number of benzene rings is 1. The quantitative estimate of drug-likeness (QED) is 0.430. The first-order chi connectivity index (χ1) is 7.25. The number of hydrogen-bond acceptors (Lipinski definition) is 0. The summed E-state index contributed by atoms with van der Waals surface area (Å²) in [6.45, 7) is 4.18. The van der Waals surface area contributed by atoms with E-state index in [2.05, 4.69) is 59.5 Å².